The number of aryl methyl sites for hydroxylation is 1. The van der Waals surface area contributed by atoms with Crippen LogP contribution in [0.3, 0.4) is 0 Å². The van der Waals surface area contributed by atoms with Crippen LogP contribution in [0.25, 0.3) is 0 Å². The lowest BCUT2D eigenvalue weighted by Gasteiger charge is -2.68. The molecule has 0 radical (unpaired) electrons. The molecule has 11 rings (SSSR count). The third kappa shape index (κ3) is 6.57. The fraction of sp³-hybridized carbons (Fsp3) is 0.741. The second-order valence-corrected chi connectivity index (χ2v) is 25.2. The van der Waals surface area contributed by atoms with Gasteiger partial charge in [0.1, 0.15) is 17.8 Å². The van der Waals surface area contributed by atoms with Crippen molar-refractivity contribution in [3.63, 3.8) is 0 Å². The number of ketones is 1. The van der Waals surface area contributed by atoms with Gasteiger partial charge in [0.2, 0.25) is 0 Å². The van der Waals surface area contributed by atoms with Gasteiger partial charge in [-0.15, -0.1) is 0 Å². The van der Waals surface area contributed by atoms with Crippen molar-refractivity contribution in [2.24, 2.45) is 68.3 Å². The zero-order chi connectivity index (χ0) is 47.0. The van der Waals surface area contributed by atoms with Gasteiger partial charge in [0, 0.05) is 42.2 Å². The van der Waals surface area contributed by atoms with Crippen molar-refractivity contribution in [3.8, 4) is 11.8 Å². The number of fused-ring (bicyclic) bond motifs is 4. The summed E-state index contributed by atoms with van der Waals surface area (Å²) in [6, 6.07) is 8.87. The Morgan fingerprint density at radius 3 is 2.51 bits per heavy atom. The molecule has 1 aromatic carbocycles. The van der Waals surface area contributed by atoms with Crippen molar-refractivity contribution in [1.29, 1.82) is 0 Å². The molecule has 0 bridgehead atoms. The summed E-state index contributed by atoms with van der Waals surface area (Å²) in [5.41, 5.74) is 5.05. The first-order valence-electron chi connectivity index (χ1n) is 26.6. The van der Waals surface area contributed by atoms with E-state index in [-0.39, 0.29) is 52.8 Å². The lowest BCUT2D eigenvalue weighted by atomic mass is 9.35. The summed E-state index contributed by atoms with van der Waals surface area (Å²) in [7, 11) is 0. The number of aliphatic hydroxyl groups is 4. The molecule has 3 aliphatic heterocycles. The molecule has 7 N–H and O–H groups in total. The zero-order valence-electron chi connectivity index (χ0n) is 41.2. The highest BCUT2D eigenvalue weighted by Gasteiger charge is 2.79. The third-order valence-corrected chi connectivity index (χ3v) is 22.2. The van der Waals surface area contributed by atoms with Crippen molar-refractivity contribution in [2.75, 3.05) is 19.8 Å². The number of benzene rings is 1. The van der Waals surface area contributed by atoms with Crippen molar-refractivity contribution >= 4 is 5.78 Å². The van der Waals surface area contributed by atoms with Gasteiger partial charge in [0.05, 0.1) is 29.7 Å². The summed E-state index contributed by atoms with van der Waals surface area (Å²) >= 11 is 0. The number of dihydropyridines is 1. The fourth-order valence-corrected chi connectivity index (χ4v) is 18.4. The van der Waals surface area contributed by atoms with Gasteiger partial charge < -0.3 is 41.0 Å². The van der Waals surface area contributed by atoms with Crippen LogP contribution in [0.5, 0.6) is 0 Å². The normalized spacial score (nSPS) is 45.7. The molecular formula is C58H80N2O7. The van der Waals surface area contributed by atoms with Crippen molar-refractivity contribution in [1.82, 2.24) is 5.32 Å². The summed E-state index contributed by atoms with van der Waals surface area (Å²) in [6.45, 7) is 11.9. The van der Waals surface area contributed by atoms with Crippen LogP contribution in [0.1, 0.15) is 148 Å². The summed E-state index contributed by atoms with van der Waals surface area (Å²) in [5, 5.41) is 53.2. The highest BCUT2D eigenvalue weighted by Crippen LogP contribution is 2.79. The third-order valence-electron chi connectivity index (χ3n) is 22.2. The second-order valence-electron chi connectivity index (χ2n) is 25.2. The van der Waals surface area contributed by atoms with Crippen LogP contribution in [0.2, 0.25) is 0 Å². The maximum atomic E-state index is 15.3. The SMILES string of the molecule is C[C@H]1CCO[C@]([C@H]2CC[C@@]3(O)C4=CC(=O)[C@@H]5C[C@@H](O)C[C@@]67CCC8(CCCC8)[C@H]6C#CCc6ccccc6CC[C@H](C[C@]23C)[C@@H]4[C@]57C)([C@H]2O[C@@H]2[C@](C)(O)[C@](C)(CO)CCC2=CCNC(N)=C2)C1. The number of aliphatic hydroxyl groups excluding tert-OH is 2. The first-order chi connectivity index (χ1) is 31.9. The zero-order valence-corrected chi connectivity index (χ0v) is 41.2. The molecule has 10 aliphatic rings. The van der Waals surface area contributed by atoms with Crippen LogP contribution in [0.15, 0.2) is 59.5 Å². The molecule has 9 heteroatoms. The molecule has 5 saturated carbocycles. The molecular weight excluding hydrogens is 837 g/mol. The van der Waals surface area contributed by atoms with Gasteiger partial charge in [-0.3, -0.25) is 4.79 Å². The van der Waals surface area contributed by atoms with Crippen LogP contribution in [-0.4, -0.2) is 81.1 Å². The van der Waals surface area contributed by atoms with Crippen LogP contribution in [0.4, 0.5) is 0 Å². The molecule has 67 heavy (non-hydrogen) atoms. The largest absolute Gasteiger partial charge is 0.396 e. The Balaban J connectivity index is 1.01. The average Bonchev–Trinajstić information content (AvgIpc) is 3.80. The van der Waals surface area contributed by atoms with Crippen molar-refractivity contribution in [2.45, 2.75) is 185 Å². The summed E-state index contributed by atoms with van der Waals surface area (Å²) in [6.07, 6.45) is 19.8. The van der Waals surface area contributed by atoms with E-state index in [2.05, 4.69) is 68.3 Å². The van der Waals surface area contributed by atoms with Gasteiger partial charge in [-0.1, -0.05) is 82.7 Å². The number of rotatable bonds is 8. The minimum atomic E-state index is -1.39. The second kappa shape index (κ2) is 16.0. The molecule has 9 nitrogen and oxygen atoms in total. The minimum Gasteiger partial charge on any atom is -0.396 e. The van der Waals surface area contributed by atoms with Crippen LogP contribution < -0.4 is 11.1 Å². The Bertz CT molecular complexity index is 2320. The minimum absolute atomic E-state index is 0.0368. The van der Waals surface area contributed by atoms with E-state index in [0.29, 0.717) is 63.4 Å². The Kier molecular flexibility index (Phi) is 11.1. The molecule has 364 valence electrons. The lowest BCUT2D eigenvalue weighted by molar-refractivity contribution is -0.216. The number of nitrogens with two attached hydrogens (primary N) is 1. The summed E-state index contributed by atoms with van der Waals surface area (Å²) in [5.74, 6) is 8.65. The Morgan fingerprint density at radius 1 is 0.985 bits per heavy atom. The Labute approximate surface area is 400 Å². The molecule has 7 aliphatic carbocycles. The lowest BCUT2D eigenvalue weighted by Crippen LogP contribution is -2.69. The molecule has 2 saturated heterocycles. The standard InChI is InChI=1S/C58H80N2O7/c1-36-20-28-66-57(32-36,50-49(67-50)54(5,64)51(2,35-61)23-17-37-19-27-60-47(59)29-37)45-18-24-58(65)43-31-44(63)42-30-41(62)34-56-26-25-55(21-8-9-22-55)46(56)14-10-13-38-11-6-7-12-39(38)15-16-40(33-52(45,58)3)48(43)53(42,56)4/h6-7,11-12,19,29,31,36,40-42,45-46,48-50,60-62,64-65H,8-9,13,15-18,20-28,30,32-35,59H2,1-5H3/t36-,40+,41+,42-,45-,46+,48-,49-,50-,51-,52+,53-,54-,56-,57+,58+/m0/s1. The van der Waals surface area contributed by atoms with Crippen molar-refractivity contribution in [3.05, 3.63) is 70.6 Å². The van der Waals surface area contributed by atoms with Gasteiger partial charge in [-0.05, 0) is 178 Å². The smallest absolute Gasteiger partial charge is 0.159 e. The molecule has 0 aromatic heterocycles. The maximum absolute atomic E-state index is 15.3. The highest BCUT2D eigenvalue weighted by molar-refractivity contribution is 5.95. The van der Waals surface area contributed by atoms with E-state index in [0.717, 1.165) is 75.4 Å². The summed E-state index contributed by atoms with van der Waals surface area (Å²) in [4.78, 5) is 15.3. The van der Waals surface area contributed by atoms with Crippen LogP contribution in [-0.2, 0) is 27.1 Å². The van der Waals surface area contributed by atoms with E-state index in [1.807, 2.05) is 26.0 Å². The Morgan fingerprint density at radius 2 is 1.76 bits per heavy atom. The highest BCUT2D eigenvalue weighted by atomic mass is 16.6. The topological polar surface area (TPSA) is 158 Å². The predicted molar refractivity (Wildman–Crippen MR) is 259 cm³/mol. The number of hydrogen-bond donors (Lipinski definition) is 6. The number of ether oxygens (including phenoxy) is 2. The number of epoxide rings is 1. The van der Waals surface area contributed by atoms with Gasteiger partial charge in [0.25, 0.3) is 0 Å². The molecule has 7 fully saturated rings. The van der Waals surface area contributed by atoms with Crippen LogP contribution in [0, 0.1) is 74.4 Å². The van der Waals surface area contributed by atoms with E-state index >= 15 is 4.79 Å². The quantitative estimate of drug-likeness (QED) is 0.112. The van der Waals surface area contributed by atoms with Crippen LogP contribution >= 0.6 is 0 Å². The molecule has 16 atom stereocenters. The number of carbonyl (C=O) groups excluding carboxylic acids is 1. The molecule has 3 heterocycles. The monoisotopic (exact) mass is 917 g/mol. The molecule has 1 aromatic rings. The van der Waals surface area contributed by atoms with E-state index < -0.39 is 51.4 Å². The molecule has 0 amide bonds. The van der Waals surface area contributed by atoms with Gasteiger partial charge in [0.15, 0.2) is 5.78 Å². The first kappa shape index (κ1) is 46.4. The fourth-order valence-electron chi connectivity index (χ4n) is 18.4. The van der Waals surface area contributed by atoms with Gasteiger partial charge in [-0.2, -0.15) is 0 Å². The maximum Gasteiger partial charge on any atom is 0.159 e. The first-order valence-corrected chi connectivity index (χ1v) is 26.6. The average molecular weight is 917 g/mol. The summed E-state index contributed by atoms with van der Waals surface area (Å²) < 4.78 is 14.2. The molecule has 0 unspecified atom stereocenters. The van der Waals surface area contributed by atoms with Crippen molar-refractivity contribution < 1.29 is 34.7 Å². The van der Waals surface area contributed by atoms with E-state index in [4.69, 9.17) is 15.2 Å². The van der Waals surface area contributed by atoms with Gasteiger partial charge >= 0.3 is 0 Å². The number of allylic oxidation sites excluding steroid dienone is 3. The number of carbonyl (C=O) groups is 1. The van der Waals surface area contributed by atoms with E-state index in [9.17, 15) is 20.4 Å². The van der Waals surface area contributed by atoms with E-state index in [1.165, 1.54) is 24.0 Å². The predicted octanol–water partition coefficient (Wildman–Crippen LogP) is 8.02. The van der Waals surface area contributed by atoms with Gasteiger partial charge in [-0.25, -0.2) is 0 Å². The van der Waals surface area contributed by atoms with E-state index in [1.54, 1.807) is 0 Å². The number of nitrogens with one attached hydrogen (secondary N) is 1. The number of hydrogen-bond acceptors (Lipinski definition) is 9. The molecule has 2 spiro atoms. The Hall–Kier alpha value is -2.97.